The lowest BCUT2D eigenvalue weighted by molar-refractivity contribution is -0.152. The van der Waals surface area contributed by atoms with Crippen LogP contribution in [0.25, 0.3) is 0 Å². The Kier molecular flexibility index (Phi) is 21.2. The Balaban J connectivity index is 0. The molecule has 0 bridgehead atoms. The second-order valence-electron chi connectivity index (χ2n) is 9.55. The van der Waals surface area contributed by atoms with Gasteiger partial charge in [-0.1, -0.05) is 66.2 Å². The van der Waals surface area contributed by atoms with Crippen LogP contribution in [0.15, 0.2) is 5.38 Å². The number of thiazole rings is 1. The van der Waals surface area contributed by atoms with E-state index in [-0.39, 0.29) is 17.3 Å². The zero-order valence-electron chi connectivity index (χ0n) is 23.9. The van der Waals surface area contributed by atoms with Gasteiger partial charge in [-0.2, -0.15) is 0 Å². The van der Waals surface area contributed by atoms with Gasteiger partial charge in [-0.25, -0.2) is 9.78 Å². The molecular weight excluding hydrogens is 480 g/mol. The predicted molar refractivity (Wildman–Crippen MR) is 146 cm³/mol. The first-order valence-electron chi connectivity index (χ1n) is 13.0. The number of aliphatic hydroxyl groups is 1. The molecule has 0 spiro atoms. The van der Waals surface area contributed by atoms with Gasteiger partial charge in [-0.05, 0) is 39.5 Å². The maximum Gasteiger partial charge on any atom is 0.330 e. The molecule has 0 fully saturated rings. The third-order valence-electron chi connectivity index (χ3n) is 4.76. The van der Waals surface area contributed by atoms with Gasteiger partial charge in [0.1, 0.15) is 11.3 Å². The molecule has 0 aliphatic carbocycles. The van der Waals surface area contributed by atoms with Gasteiger partial charge < -0.3 is 19.9 Å². The first-order chi connectivity index (χ1) is 16.9. The van der Waals surface area contributed by atoms with Crippen molar-refractivity contribution in [1.29, 1.82) is 0 Å². The van der Waals surface area contributed by atoms with Crippen LogP contribution < -0.4 is 5.32 Å². The molecule has 1 rings (SSSR count). The smallest absolute Gasteiger partial charge is 0.330 e. The van der Waals surface area contributed by atoms with Crippen LogP contribution in [0.2, 0.25) is 0 Å². The van der Waals surface area contributed by atoms with Crippen molar-refractivity contribution in [2.75, 3.05) is 13.7 Å². The molecule has 9 heteroatoms. The number of methoxy groups -OCH3 is 1. The quantitative estimate of drug-likeness (QED) is 0.333. The monoisotopic (exact) mass is 530 g/mol. The van der Waals surface area contributed by atoms with Crippen LogP contribution in [0, 0.1) is 5.92 Å². The second kappa shape index (κ2) is 21.1. The van der Waals surface area contributed by atoms with E-state index in [4.69, 9.17) is 9.84 Å². The van der Waals surface area contributed by atoms with Crippen molar-refractivity contribution < 1.29 is 29.0 Å². The number of nitrogens with zero attached hydrogens (tertiary/aromatic N) is 1. The lowest BCUT2D eigenvalue weighted by Crippen LogP contribution is -2.44. The second-order valence-corrected chi connectivity index (χ2v) is 10.5. The maximum absolute atomic E-state index is 11.8. The number of rotatable bonds is 12. The van der Waals surface area contributed by atoms with Gasteiger partial charge in [0.15, 0.2) is 6.04 Å². The Morgan fingerprint density at radius 1 is 1.03 bits per heavy atom. The summed E-state index contributed by atoms with van der Waals surface area (Å²) in [4.78, 5) is 37.4. The molecule has 0 aliphatic heterocycles. The zero-order chi connectivity index (χ0) is 28.1. The van der Waals surface area contributed by atoms with Crippen molar-refractivity contribution in [3.63, 3.8) is 0 Å². The summed E-state index contributed by atoms with van der Waals surface area (Å²) in [5.41, 5.74) is -0.0722. The third kappa shape index (κ3) is 19.2. The normalized spacial score (nSPS) is 11.4. The summed E-state index contributed by atoms with van der Waals surface area (Å²) in [5.74, 6) is -0.370. The first kappa shape index (κ1) is 36.2. The molecule has 0 saturated heterocycles. The number of amides is 1. The fourth-order valence-corrected chi connectivity index (χ4v) is 4.27. The van der Waals surface area contributed by atoms with E-state index in [0.717, 1.165) is 23.8 Å². The minimum absolute atomic E-state index is 0.225. The Bertz CT molecular complexity index is 716. The zero-order valence-corrected chi connectivity index (χ0v) is 24.8. The third-order valence-corrected chi connectivity index (χ3v) is 5.67. The largest absolute Gasteiger partial charge is 0.467 e. The van der Waals surface area contributed by atoms with Gasteiger partial charge in [0, 0.05) is 12.3 Å². The Labute approximate surface area is 222 Å². The van der Waals surface area contributed by atoms with Gasteiger partial charge in [0.05, 0.1) is 18.7 Å². The number of aromatic nitrogens is 1. The summed E-state index contributed by atoms with van der Waals surface area (Å²) >= 11 is 1.40. The Morgan fingerprint density at radius 3 is 1.89 bits per heavy atom. The van der Waals surface area contributed by atoms with Gasteiger partial charge in [-0.15, -0.1) is 11.3 Å². The molecule has 36 heavy (non-hydrogen) atoms. The van der Waals surface area contributed by atoms with Gasteiger partial charge in [-0.3, -0.25) is 9.59 Å². The molecule has 0 aromatic carbocycles. The number of ether oxygens (including phenoxy) is 2. The van der Waals surface area contributed by atoms with Crippen molar-refractivity contribution in [1.82, 2.24) is 10.3 Å². The molecule has 1 atom stereocenters. The van der Waals surface area contributed by atoms with Gasteiger partial charge in [0.25, 0.3) is 5.91 Å². The van der Waals surface area contributed by atoms with E-state index in [0.29, 0.717) is 0 Å². The van der Waals surface area contributed by atoms with Crippen LogP contribution >= 0.6 is 11.3 Å². The summed E-state index contributed by atoms with van der Waals surface area (Å²) < 4.78 is 9.25. The van der Waals surface area contributed by atoms with E-state index in [1.807, 2.05) is 27.7 Å². The molecule has 1 aromatic rings. The van der Waals surface area contributed by atoms with Crippen molar-refractivity contribution in [3.8, 4) is 0 Å². The molecule has 1 amide bonds. The lowest BCUT2D eigenvalue weighted by atomic mass is 9.94. The molecule has 210 valence electrons. The van der Waals surface area contributed by atoms with Crippen LogP contribution in [0.5, 0.6) is 0 Å². The van der Waals surface area contributed by atoms with E-state index in [9.17, 15) is 14.4 Å². The Hall–Kier alpha value is -2.00. The highest BCUT2D eigenvalue weighted by atomic mass is 32.1. The number of carbonyl (C=O) groups is 3. The van der Waals surface area contributed by atoms with E-state index in [2.05, 4.69) is 35.8 Å². The average Bonchev–Trinajstić information content (AvgIpc) is 3.25. The number of hydrogen-bond acceptors (Lipinski definition) is 8. The van der Waals surface area contributed by atoms with Crippen LogP contribution in [-0.4, -0.2) is 53.3 Å². The van der Waals surface area contributed by atoms with E-state index in [1.54, 1.807) is 5.38 Å². The fourth-order valence-electron chi connectivity index (χ4n) is 3.39. The SMILES string of the molecule is CC(=O)OC(C)(C)C.CCCC(CCC)CCC.CCCc1nc(C(=O)NC(CO)C(=O)OC)cs1. The minimum Gasteiger partial charge on any atom is -0.467 e. The summed E-state index contributed by atoms with van der Waals surface area (Å²) in [6, 6.07) is -1.06. The van der Waals surface area contributed by atoms with Crippen LogP contribution in [0.3, 0.4) is 0 Å². The number of aryl methyl sites for hydroxylation is 1. The van der Waals surface area contributed by atoms with E-state index < -0.39 is 24.5 Å². The molecule has 1 unspecified atom stereocenters. The van der Waals surface area contributed by atoms with Gasteiger partial charge in [0.2, 0.25) is 0 Å². The highest BCUT2D eigenvalue weighted by Crippen LogP contribution is 2.18. The molecule has 0 radical (unpaired) electrons. The molecule has 0 saturated carbocycles. The minimum atomic E-state index is -1.06. The van der Waals surface area contributed by atoms with Crippen LogP contribution in [0.1, 0.15) is 116 Å². The molecule has 2 N–H and O–H groups in total. The van der Waals surface area contributed by atoms with Crippen molar-refractivity contribution >= 4 is 29.2 Å². The predicted octanol–water partition coefficient (Wildman–Crippen LogP) is 5.71. The summed E-state index contributed by atoms with van der Waals surface area (Å²) in [5, 5.41) is 13.9. The number of hydrogen-bond donors (Lipinski definition) is 2. The van der Waals surface area contributed by atoms with Crippen LogP contribution in [-0.2, 0) is 25.5 Å². The van der Waals surface area contributed by atoms with E-state index in [1.165, 1.54) is 63.9 Å². The lowest BCUT2D eigenvalue weighted by Gasteiger charge is -2.17. The number of carbonyl (C=O) groups excluding carboxylic acids is 3. The molecule has 1 aromatic heterocycles. The molecular formula is C27H50N2O6S. The average molecular weight is 531 g/mol. The number of aliphatic hydroxyl groups excluding tert-OH is 1. The highest BCUT2D eigenvalue weighted by Gasteiger charge is 2.22. The van der Waals surface area contributed by atoms with E-state index >= 15 is 0 Å². The van der Waals surface area contributed by atoms with Crippen molar-refractivity contribution in [2.24, 2.45) is 5.92 Å². The topological polar surface area (TPSA) is 115 Å². The first-order valence-corrected chi connectivity index (χ1v) is 13.9. The fraction of sp³-hybridized carbons (Fsp3) is 0.778. The Morgan fingerprint density at radius 2 is 1.56 bits per heavy atom. The van der Waals surface area contributed by atoms with Crippen molar-refractivity contribution in [2.45, 2.75) is 118 Å². The molecule has 1 heterocycles. The molecule has 8 nitrogen and oxygen atoms in total. The van der Waals surface area contributed by atoms with Crippen LogP contribution in [0.4, 0.5) is 0 Å². The molecule has 0 aliphatic rings. The number of nitrogens with one attached hydrogen (secondary N) is 1. The van der Waals surface area contributed by atoms with Gasteiger partial charge >= 0.3 is 11.9 Å². The van der Waals surface area contributed by atoms with Crippen molar-refractivity contribution in [3.05, 3.63) is 16.1 Å². The highest BCUT2D eigenvalue weighted by molar-refractivity contribution is 7.09. The summed E-state index contributed by atoms with van der Waals surface area (Å²) in [7, 11) is 1.19. The summed E-state index contributed by atoms with van der Waals surface area (Å²) in [6.45, 7) is 15.3. The number of esters is 2. The standard InChI is InChI=1S/C11H16N2O4S.C10H22.C6H12O2/c1-3-4-9-12-8(6-18-9)10(15)13-7(5-14)11(16)17-2;1-4-7-10(8-5-2)9-6-3;1-5(7)8-6(2,3)4/h6-7,14H,3-5H2,1-2H3,(H,13,15);10H,4-9H2,1-3H3;1-4H3. The summed E-state index contributed by atoms with van der Waals surface area (Å²) in [6.07, 6.45) is 10.2. The maximum atomic E-state index is 11.8.